The van der Waals surface area contributed by atoms with Gasteiger partial charge in [-0.1, -0.05) is 36.4 Å². The second kappa shape index (κ2) is 10.5. The number of hydrogen-bond acceptors (Lipinski definition) is 6. The van der Waals surface area contributed by atoms with Crippen molar-refractivity contribution >= 4 is 34.5 Å². The first-order chi connectivity index (χ1) is 15.5. The molecule has 32 heavy (non-hydrogen) atoms. The van der Waals surface area contributed by atoms with Gasteiger partial charge < -0.3 is 19.7 Å². The number of para-hydroxylation sites is 2. The molecule has 2 aromatic carbocycles. The number of nitrogens with zero attached hydrogens (tertiary/aromatic N) is 4. The zero-order valence-corrected chi connectivity index (χ0v) is 17.4. The van der Waals surface area contributed by atoms with Gasteiger partial charge in [-0.3, -0.25) is 9.59 Å². The van der Waals surface area contributed by atoms with Crippen LogP contribution in [-0.4, -0.2) is 35.1 Å². The average Bonchev–Trinajstić information content (AvgIpc) is 3.09. The molecule has 0 aliphatic heterocycles. The number of azo groups is 1. The van der Waals surface area contributed by atoms with Crippen molar-refractivity contribution < 1.29 is 19.4 Å². The Morgan fingerprint density at radius 1 is 1.22 bits per heavy atom. The van der Waals surface area contributed by atoms with Gasteiger partial charge in [0.1, 0.15) is 12.3 Å². The molecule has 9 heteroatoms. The first kappa shape index (κ1) is 22.2. The summed E-state index contributed by atoms with van der Waals surface area (Å²) in [6.07, 6.45) is 3.07. The molecule has 2 amide bonds. The normalized spacial score (nSPS) is 11.1. The second-order valence-corrected chi connectivity index (χ2v) is 6.64. The van der Waals surface area contributed by atoms with Gasteiger partial charge in [-0.05, 0) is 18.2 Å². The molecule has 2 N–H and O–H groups in total. The lowest BCUT2D eigenvalue weighted by atomic mass is 10.2. The average molecular weight is 431 g/mol. The number of aryl methyl sites for hydroxylation is 1. The molecule has 3 aromatic rings. The van der Waals surface area contributed by atoms with Crippen LogP contribution in [0.25, 0.3) is 17.0 Å². The standard InChI is InChI=1S/C23H21N5O4/c1-32-19-10-5-2-7-16(19)11-12-20(29)25-15-21(30)26-27-22-17-8-3-4-9-18(17)28(23(22)31)14-6-13-24/h2-5,7-12,31H,6,14-15H2,1H3,(H,25,29)/b12-11+,27-26?. The molecule has 162 valence electrons. The third-order valence-electron chi connectivity index (χ3n) is 4.59. The van der Waals surface area contributed by atoms with Crippen LogP contribution in [0, 0.1) is 11.3 Å². The van der Waals surface area contributed by atoms with Gasteiger partial charge in [-0.25, -0.2) is 0 Å². The summed E-state index contributed by atoms with van der Waals surface area (Å²) in [6.45, 7) is -0.0761. The van der Waals surface area contributed by atoms with E-state index in [4.69, 9.17) is 10.00 Å². The SMILES string of the molecule is COc1ccccc1/C=C/C(=O)NCC(=O)N=Nc1c(O)n(CCC#N)c2ccccc12. The summed E-state index contributed by atoms with van der Waals surface area (Å²) < 4.78 is 6.75. The Kier molecular flexibility index (Phi) is 7.33. The number of ether oxygens (including phenoxy) is 1. The maximum atomic E-state index is 12.1. The van der Waals surface area contributed by atoms with Crippen LogP contribution in [0.15, 0.2) is 64.8 Å². The van der Waals surface area contributed by atoms with Gasteiger partial charge in [-0.15, -0.1) is 10.2 Å². The van der Waals surface area contributed by atoms with Gasteiger partial charge in [0.15, 0.2) is 5.69 Å². The molecule has 0 saturated carbocycles. The summed E-state index contributed by atoms with van der Waals surface area (Å²) in [4.78, 5) is 24.1. The number of benzene rings is 2. The van der Waals surface area contributed by atoms with Crippen LogP contribution in [0.4, 0.5) is 5.69 Å². The van der Waals surface area contributed by atoms with E-state index in [0.717, 1.165) is 5.56 Å². The largest absolute Gasteiger partial charge is 0.496 e. The highest BCUT2D eigenvalue weighted by Gasteiger charge is 2.16. The van der Waals surface area contributed by atoms with Gasteiger partial charge in [0.25, 0.3) is 5.91 Å². The number of fused-ring (bicyclic) bond motifs is 1. The van der Waals surface area contributed by atoms with Crippen LogP contribution >= 0.6 is 0 Å². The van der Waals surface area contributed by atoms with Crippen LogP contribution in [0.3, 0.4) is 0 Å². The maximum Gasteiger partial charge on any atom is 0.283 e. The minimum atomic E-state index is -0.683. The van der Waals surface area contributed by atoms with E-state index >= 15 is 0 Å². The summed E-state index contributed by atoms with van der Waals surface area (Å²) >= 11 is 0. The fourth-order valence-electron chi connectivity index (χ4n) is 3.09. The second-order valence-electron chi connectivity index (χ2n) is 6.64. The Bertz CT molecular complexity index is 1240. The van der Waals surface area contributed by atoms with Crippen molar-refractivity contribution in [1.29, 1.82) is 5.26 Å². The first-order valence-electron chi connectivity index (χ1n) is 9.75. The number of aromatic nitrogens is 1. The van der Waals surface area contributed by atoms with Crippen molar-refractivity contribution in [3.05, 3.63) is 60.2 Å². The van der Waals surface area contributed by atoms with Crippen LogP contribution in [0.5, 0.6) is 11.6 Å². The summed E-state index contributed by atoms with van der Waals surface area (Å²) in [7, 11) is 1.54. The highest BCUT2D eigenvalue weighted by molar-refractivity contribution is 5.96. The van der Waals surface area contributed by atoms with E-state index in [2.05, 4.69) is 15.5 Å². The zero-order valence-electron chi connectivity index (χ0n) is 17.4. The predicted molar refractivity (Wildman–Crippen MR) is 118 cm³/mol. The third kappa shape index (κ3) is 5.17. The Hall–Kier alpha value is -4.45. The molecule has 9 nitrogen and oxygen atoms in total. The van der Waals surface area contributed by atoms with Crippen molar-refractivity contribution in [3.8, 4) is 17.7 Å². The van der Waals surface area contributed by atoms with Crippen molar-refractivity contribution in [3.63, 3.8) is 0 Å². The van der Waals surface area contributed by atoms with Crippen molar-refractivity contribution in [2.45, 2.75) is 13.0 Å². The topological polar surface area (TPSA) is 129 Å². The van der Waals surface area contributed by atoms with Crippen molar-refractivity contribution in [1.82, 2.24) is 9.88 Å². The number of carbonyl (C=O) groups excluding carboxylic acids is 2. The van der Waals surface area contributed by atoms with E-state index in [1.165, 1.54) is 13.2 Å². The molecule has 1 aromatic heterocycles. The lowest BCUT2D eigenvalue weighted by Crippen LogP contribution is -2.26. The summed E-state index contributed by atoms with van der Waals surface area (Å²) in [5.41, 5.74) is 1.53. The van der Waals surface area contributed by atoms with Crippen molar-refractivity contribution in [2.75, 3.05) is 13.7 Å². The molecule has 0 fully saturated rings. The lowest BCUT2D eigenvalue weighted by molar-refractivity contribution is -0.122. The first-order valence-corrected chi connectivity index (χ1v) is 9.75. The fraction of sp³-hybridized carbons (Fsp3) is 0.174. The molecular weight excluding hydrogens is 410 g/mol. The molecule has 0 atom stereocenters. The Labute approximate surface area is 184 Å². The van der Waals surface area contributed by atoms with E-state index in [1.807, 2.05) is 18.2 Å². The van der Waals surface area contributed by atoms with Crippen LogP contribution < -0.4 is 10.1 Å². The Morgan fingerprint density at radius 2 is 1.97 bits per heavy atom. The minimum absolute atomic E-state index is 0.134. The molecule has 0 saturated heterocycles. The molecule has 0 aliphatic rings. The zero-order chi connectivity index (χ0) is 22.9. The molecule has 0 bridgehead atoms. The van der Waals surface area contributed by atoms with E-state index < -0.39 is 11.8 Å². The highest BCUT2D eigenvalue weighted by atomic mass is 16.5. The molecular formula is C23H21N5O4. The number of carbonyl (C=O) groups is 2. The van der Waals surface area contributed by atoms with Crippen molar-refractivity contribution in [2.24, 2.45) is 10.2 Å². The number of amides is 2. The van der Waals surface area contributed by atoms with Crippen LogP contribution in [-0.2, 0) is 16.1 Å². The maximum absolute atomic E-state index is 12.1. The number of aromatic hydroxyl groups is 1. The van der Waals surface area contributed by atoms with E-state index in [9.17, 15) is 14.7 Å². The molecule has 1 heterocycles. The van der Waals surface area contributed by atoms with E-state index in [0.29, 0.717) is 16.7 Å². The fourth-order valence-corrected chi connectivity index (χ4v) is 3.09. The molecule has 0 spiro atoms. The van der Waals surface area contributed by atoms with Gasteiger partial charge in [0, 0.05) is 23.6 Å². The van der Waals surface area contributed by atoms with Gasteiger partial charge >= 0.3 is 0 Å². The summed E-state index contributed by atoms with van der Waals surface area (Å²) in [6, 6.07) is 16.3. The number of hydrogen-bond donors (Lipinski definition) is 2. The number of rotatable bonds is 8. The Balaban J connectivity index is 1.65. The van der Waals surface area contributed by atoms with Gasteiger partial charge in [0.05, 0.1) is 25.1 Å². The smallest absolute Gasteiger partial charge is 0.283 e. The number of nitrogens with one attached hydrogen (secondary N) is 1. The molecule has 3 rings (SSSR count). The third-order valence-corrected chi connectivity index (χ3v) is 4.59. The van der Waals surface area contributed by atoms with Crippen LogP contribution in [0.1, 0.15) is 12.0 Å². The summed E-state index contributed by atoms with van der Waals surface area (Å²) in [5, 5.41) is 29.9. The molecule has 0 radical (unpaired) electrons. The Morgan fingerprint density at radius 3 is 2.75 bits per heavy atom. The monoisotopic (exact) mass is 431 g/mol. The molecule has 0 aliphatic carbocycles. The minimum Gasteiger partial charge on any atom is -0.496 e. The highest BCUT2D eigenvalue weighted by Crippen LogP contribution is 2.38. The molecule has 0 unspecified atom stereocenters. The number of methoxy groups -OCH3 is 1. The van der Waals surface area contributed by atoms with Gasteiger partial charge in [-0.2, -0.15) is 5.26 Å². The lowest BCUT2D eigenvalue weighted by Gasteiger charge is -2.03. The summed E-state index contributed by atoms with van der Waals surface area (Å²) in [5.74, 6) is -0.718. The predicted octanol–water partition coefficient (Wildman–Crippen LogP) is 3.71. The van der Waals surface area contributed by atoms with Crippen LogP contribution in [0.2, 0.25) is 0 Å². The van der Waals surface area contributed by atoms with E-state index in [1.54, 1.807) is 47.0 Å². The van der Waals surface area contributed by atoms with Gasteiger partial charge in [0.2, 0.25) is 11.8 Å². The quantitative estimate of drug-likeness (QED) is 0.415. The van der Waals surface area contributed by atoms with E-state index in [-0.39, 0.29) is 31.1 Å². The number of nitriles is 1.